The minimum Gasteiger partial charge on any atom is -0.493 e. The molecule has 0 aliphatic rings. The summed E-state index contributed by atoms with van der Waals surface area (Å²) >= 11 is 0. The van der Waals surface area contributed by atoms with Crippen LogP contribution in [-0.2, 0) is 4.79 Å². The zero-order chi connectivity index (χ0) is 15.0. The first kappa shape index (κ1) is 16.3. The van der Waals surface area contributed by atoms with Crippen LogP contribution in [0.15, 0.2) is 24.3 Å². The monoisotopic (exact) mass is 290 g/mol. The SMILES string of the molecule is NCC(F)(F)CNC(=O)CCCOc1cccc(F)c1. The highest BCUT2D eigenvalue weighted by molar-refractivity contribution is 5.75. The summed E-state index contributed by atoms with van der Waals surface area (Å²) in [5, 5.41) is 2.10. The molecular weight excluding hydrogens is 273 g/mol. The summed E-state index contributed by atoms with van der Waals surface area (Å²) in [6, 6.07) is 5.61. The van der Waals surface area contributed by atoms with Crippen LogP contribution >= 0.6 is 0 Å². The van der Waals surface area contributed by atoms with E-state index >= 15 is 0 Å². The Kier molecular flexibility index (Phi) is 6.30. The molecule has 0 aliphatic carbocycles. The number of alkyl halides is 2. The van der Waals surface area contributed by atoms with Gasteiger partial charge in [0.2, 0.25) is 5.91 Å². The number of amides is 1. The quantitative estimate of drug-likeness (QED) is 0.716. The summed E-state index contributed by atoms with van der Waals surface area (Å²) in [6.45, 7) is -1.38. The minimum atomic E-state index is -3.09. The van der Waals surface area contributed by atoms with Gasteiger partial charge in [0.25, 0.3) is 5.92 Å². The zero-order valence-electron chi connectivity index (χ0n) is 10.9. The van der Waals surface area contributed by atoms with E-state index in [0.29, 0.717) is 12.2 Å². The van der Waals surface area contributed by atoms with Crippen molar-refractivity contribution in [2.24, 2.45) is 5.73 Å². The Morgan fingerprint density at radius 3 is 2.80 bits per heavy atom. The van der Waals surface area contributed by atoms with Gasteiger partial charge in [-0.15, -0.1) is 0 Å². The maximum atomic E-state index is 12.8. The Bertz CT molecular complexity index is 441. The molecule has 1 amide bonds. The van der Waals surface area contributed by atoms with Crippen LogP contribution in [-0.4, -0.2) is 31.5 Å². The maximum absolute atomic E-state index is 12.8. The van der Waals surface area contributed by atoms with Gasteiger partial charge in [-0.2, -0.15) is 0 Å². The fraction of sp³-hybridized carbons (Fsp3) is 0.462. The van der Waals surface area contributed by atoms with Crippen LogP contribution in [0.25, 0.3) is 0 Å². The first-order valence-electron chi connectivity index (χ1n) is 6.16. The summed E-state index contributed by atoms with van der Waals surface area (Å²) in [4.78, 5) is 11.3. The van der Waals surface area contributed by atoms with Gasteiger partial charge >= 0.3 is 0 Å². The van der Waals surface area contributed by atoms with Gasteiger partial charge in [0, 0.05) is 12.5 Å². The minimum absolute atomic E-state index is 0.0516. The topological polar surface area (TPSA) is 64.3 Å². The highest BCUT2D eigenvalue weighted by Gasteiger charge is 2.26. The largest absolute Gasteiger partial charge is 0.493 e. The number of hydrogen-bond donors (Lipinski definition) is 2. The van der Waals surface area contributed by atoms with Crippen molar-refractivity contribution in [1.82, 2.24) is 5.32 Å². The van der Waals surface area contributed by atoms with Crippen molar-refractivity contribution >= 4 is 5.91 Å². The molecule has 0 saturated carbocycles. The molecule has 0 heterocycles. The van der Waals surface area contributed by atoms with Gasteiger partial charge in [0.15, 0.2) is 0 Å². The van der Waals surface area contributed by atoms with Crippen molar-refractivity contribution < 1.29 is 22.7 Å². The van der Waals surface area contributed by atoms with E-state index in [1.807, 2.05) is 0 Å². The molecule has 0 spiro atoms. The van der Waals surface area contributed by atoms with Gasteiger partial charge in [0.05, 0.1) is 19.7 Å². The fourth-order valence-electron chi connectivity index (χ4n) is 1.37. The van der Waals surface area contributed by atoms with E-state index in [4.69, 9.17) is 10.5 Å². The van der Waals surface area contributed by atoms with Gasteiger partial charge in [-0.05, 0) is 18.6 Å². The van der Waals surface area contributed by atoms with E-state index < -0.39 is 30.7 Å². The number of hydrogen-bond acceptors (Lipinski definition) is 3. The highest BCUT2D eigenvalue weighted by Crippen LogP contribution is 2.12. The molecule has 1 aromatic carbocycles. The number of halogens is 3. The van der Waals surface area contributed by atoms with E-state index in [2.05, 4.69) is 5.32 Å². The van der Waals surface area contributed by atoms with Crippen LogP contribution in [0.1, 0.15) is 12.8 Å². The van der Waals surface area contributed by atoms with Crippen molar-refractivity contribution in [3.63, 3.8) is 0 Å². The summed E-state index contributed by atoms with van der Waals surface area (Å²) < 4.78 is 43.6. The molecule has 3 N–H and O–H groups in total. The third-order valence-corrected chi connectivity index (χ3v) is 2.46. The smallest absolute Gasteiger partial charge is 0.277 e. The zero-order valence-corrected chi connectivity index (χ0v) is 10.9. The van der Waals surface area contributed by atoms with Crippen molar-refractivity contribution in [3.05, 3.63) is 30.1 Å². The molecule has 0 bridgehead atoms. The standard InChI is InChI=1S/C13H17F3N2O2/c14-10-3-1-4-11(7-10)20-6-2-5-12(19)18-9-13(15,16)8-17/h1,3-4,7H,2,5-6,8-9,17H2,(H,18,19). The molecule has 4 nitrogen and oxygen atoms in total. The molecule has 1 aromatic rings. The number of carbonyl (C=O) groups is 1. The van der Waals surface area contributed by atoms with Crippen LogP contribution in [0.5, 0.6) is 5.75 Å². The number of carbonyl (C=O) groups excluding carboxylic acids is 1. The van der Waals surface area contributed by atoms with Crippen LogP contribution in [0.2, 0.25) is 0 Å². The fourth-order valence-corrected chi connectivity index (χ4v) is 1.37. The lowest BCUT2D eigenvalue weighted by Crippen LogP contribution is -2.41. The van der Waals surface area contributed by atoms with Crippen LogP contribution in [0, 0.1) is 5.82 Å². The average Bonchev–Trinajstić information content (AvgIpc) is 2.42. The number of rotatable bonds is 8. The Balaban J connectivity index is 2.16. The Labute approximate surface area is 115 Å². The van der Waals surface area contributed by atoms with E-state index in [-0.39, 0.29) is 13.0 Å². The lowest BCUT2D eigenvalue weighted by molar-refractivity contribution is -0.123. The second kappa shape index (κ2) is 7.74. The van der Waals surface area contributed by atoms with E-state index in [1.54, 1.807) is 6.07 Å². The Hall–Kier alpha value is -1.76. The van der Waals surface area contributed by atoms with E-state index in [9.17, 15) is 18.0 Å². The normalized spacial score (nSPS) is 11.2. The molecule has 0 aromatic heterocycles. The van der Waals surface area contributed by atoms with E-state index in [0.717, 1.165) is 0 Å². The summed E-state index contributed by atoms with van der Waals surface area (Å²) in [6.07, 6.45) is 0.395. The summed E-state index contributed by atoms with van der Waals surface area (Å²) in [5.41, 5.74) is 4.84. The van der Waals surface area contributed by atoms with Crippen LogP contribution in [0.3, 0.4) is 0 Å². The molecule has 112 valence electrons. The van der Waals surface area contributed by atoms with Crippen LogP contribution in [0.4, 0.5) is 13.2 Å². The first-order valence-corrected chi connectivity index (χ1v) is 6.16. The van der Waals surface area contributed by atoms with Crippen molar-refractivity contribution in [1.29, 1.82) is 0 Å². The number of ether oxygens (including phenoxy) is 1. The van der Waals surface area contributed by atoms with Gasteiger partial charge in [-0.25, -0.2) is 13.2 Å². The first-order chi connectivity index (χ1) is 9.43. The molecule has 0 radical (unpaired) electrons. The van der Waals surface area contributed by atoms with Gasteiger partial charge in [-0.1, -0.05) is 6.07 Å². The molecule has 20 heavy (non-hydrogen) atoms. The lowest BCUT2D eigenvalue weighted by atomic mass is 10.3. The van der Waals surface area contributed by atoms with E-state index in [1.165, 1.54) is 18.2 Å². The van der Waals surface area contributed by atoms with Crippen LogP contribution < -0.4 is 15.8 Å². The molecule has 7 heteroatoms. The van der Waals surface area contributed by atoms with Crippen molar-refractivity contribution in [2.75, 3.05) is 19.7 Å². The molecule has 0 fully saturated rings. The average molecular weight is 290 g/mol. The third kappa shape index (κ3) is 6.42. The summed E-state index contributed by atoms with van der Waals surface area (Å²) in [7, 11) is 0. The second-order valence-corrected chi connectivity index (χ2v) is 4.25. The predicted molar refractivity (Wildman–Crippen MR) is 68.1 cm³/mol. The molecule has 1 rings (SSSR count). The third-order valence-electron chi connectivity index (χ3n) is 2.46. The maximum Gasteiger partial charge on any atom is 0.277 e. The summed E-state index contributed by atoms with van der Waals surface area (Å²) in [5.74, 6) is -3.64. The molecule has 0 atom stereocenters. The van der Waals surface area contributed by atoms with Gasteiger partial charge in [0.1, 0.15) is 11.6 Å². The molecule has 0 saturated heterocycles. The van der Waals surface area contributed by atoms with Crippen molar-refractivity contribution in [3.8, 4) is 5.75 Å². The molecule has 0 unspecified atom stereocenters. The number of benzene rings is 1. The predicted octanol–water partition coefficient (Wildman–Crippen LogP) is 1.69. The van der Waals surface area contributed by atoms with Gasteiger partial charge in [-0.3, -0.25) is 4.79 Å². The Morgan fingerprint density at radius 2 is 2.15 bits per heavy atom. The second-order valence-electron chi connectivity index (χ2n) is 4.25. The highest BCUT2D eigenvalue weighted by atomic mass is 19.3. The van der Waals surface area contributed by atoms with Crippen molar-refractivity contribution in [2.45, 2.75) is 18.8 Å². The lowest BCUT2D eigenvalue weighted by Gasteiger charge is -2.14. The number of nitrogens with two attached hydrogens (primary N) is 1. The van der Waals surface area contributed by atoms with Gasteiger partial charge < -0.3 is 15.8 Å². The molecular formula is C13H17F3N2O2. The number of nitrogens with one attached hydrogen (secondary N) is 1. The Morgan fingerprint density at radius 1 is 1.40 bits per heavy atom. The molecule has 0 aliphatic heterocycles.